The lowest BCUT2D eigenvalue weighted by atomic mass is 9.97. The van der Waals surface area contributed by atoms with Crippen molar-refractivity contribution in [1.29, 1.82) is 0 Å². The Labute approximate surface area is 113 Å². The van der Waals surface area contributed by atoms with Crippen LogP contribution in [0.5, 0.6) is 0 Å². The van der Waals surface area contributed by atoms with Gasteiger partial charge in [-0.25, -0.2) is 13.2 Å². The van der Waals surface area contributed by atoms with Crippen molar-refractivity contribution in [2.75, 3.05) is 0 Å². The van der Waals surface area contributed by atoms with Crippen LogP contribution in [-0.2, 0) is 0 Å². The SMILES string of the molecule is Cc1cc(C(N)c2ccc(F)c(F)c2F)ccc1Cl. The molecule has 1 nitrogen and oxygen atoms in total. The molecule has 0 fully saturated rings. The van der Waals surface area contributed by atoms with Gasteiger partial charge in [-0.3, -0.25) is 0 Å². The Morgan fingerprint density at radius 1 is 1.05 bits per heavy atom. The van der Waals surface area contributed by atoms with Gasteiger partial charge in [0.2, 0.25) is 0 Å². The van der Waals surface area contributed by atoms with Gasteiger partial charge in [0.05, 0.1) is 6.04 Å². The molecule has 0 aromatic heterocycles. The van der Waals surface area contributed by atoms with Crippen molar-refractivity contribution in [2.45, 2.75) is 13.0 Å². The van der Waals surface area contributed by atoms with Crippen LogP contribution in [0.1, 0.15) is 22.7 Å². The molecular weight excluding hydrogens is 275 g/mol. The summed E-state index contributed by atoms with van der Waals surface area (Å²) in [7, 11) is 0. The van der Waals surface area contributed by atoms with Crippen molar-refractivity contribution in [3.05, 3.63) is 69.5 Å². The van der Waals surface area contributed by atoms with Crippen molar-refractivity contribution < 1.29 is 13.2 Å². The lowest BCUT2D eigenvalue weighted by molar-refractivity contribution is 0.438. The van der Waals surface area contributed by atoms with Crippen molar-refractivity contribution in [2.24, 2.45) is 5.73 Å². The van der Waals surface area contributed by atoms with Crippen LogP contribution in [0.25, 0.3) is 0 Å². The fraction of sp³-hybridized carbons (Fsp3) is 0.143. The van der Waals surface area contributed by atoms with Crippen LogP contribution in [0.3, 0.4) is 0 Å². The zero-order chi connectivity index (χ0) is 14.2. The van der Waals surface area contributed by atoms with Gasteiger partial charge in [-0.2, -0.15) is 0 Å². The van der Waals surface area contributed by atoms with Gasteiger partial charge in [0, 0.05) is 10.6 Å². The first kappa shape index (κ1) is 13.9. The van der Waals surface area contributed by atoms with E-state index < -0.39 is 23.5 Å². The molecule has 2 aromatic rings. The Hall–Kier alpha value is -1.52. The highest BCUT2D eigenvalue weighted by atomic mass is 35.5. The molecule has 0 saturated heterocycles. The lowest BCUT2D eigenvalue weighted by Gasteiger charge is -2.15. The Morgan fingerprint density at radius 3 is 2.37 bits per heavy atom. The number of aryl methyl sites for hydroxylation is 1. The molecular formula is C14H11ClF3N. The molecule has 0 aliphatic carbocycles. The summed E-state index contributed by atoms with van der Waals surface area (Å²) >= 11 is 5.88. The van der Waals surface area contributed by atoms with Crippen LogP contribution in [0.2, 0.25) is 5.02 Å². The molecule has 5 heteroatoms. The van der Waals surface area contributed by atoms with E-state index >= 15 is 0 Å². The summed E-state index contributed by atoms with van der Waals surface area (Å²) in [4.78, 5) is 0. The quantitative estimate of drug-likeness (QED) is 0.826. The van der Waals surface area contributed by atoms with E-state index in [1.54, 1.807) is 25.1 Å². The number of rotatable bonds is 2. The zero-order valence-corrected chi connectivity index (χ0v) is 10.8. The van der Waals surface area contributed by atoms with E-state index in [-0.39, 0.29) is 5.56 Å². The van der Waals surface area contributed by atoms with Gasteiger partial charge in [0.1, 0.15) is 0 Å². The molecule has 0 aliphatic heterocycles. The maximum absolute atomic E-state index is 13.7. The van der Waals surface area contributed by atoms with Gasteiger partial charge in [-0.15, -0.1) is 0 Å². The average Bonchev–Trinajstić information content (AvgIpc) is 2.39. The topological polar surface area (TPSA) is 26.0 Å². The smallest absolute Gasteiger partial charge is 0.194 e. The highest BCUT2D eigenvalue weighted by Gasteiger charge is 2.19. The Balaban J connectivity index is 2.47. The predicted octanol–water partition coefficient (Wildman–Crippen LogP) is 4.11. The van der Waals surface area contributed by atoms with E-state index in [0.717, 1.165) is 17.7 Å². The van der Waals surface area contributed by atoms with Gasteiger partial charge in [0.25, 0.3) is 0 Å². The van der Waals surface area contributed by atoms with Crippen LogP contribution in [0, 0.1) is 24.4 Å². The standard InChI is InChI=1S/C14H11ClF3N/c1-7-6-8(2-4-10(7)15)14(19)9-3-5-11(16)13(18)12(9)17/h2-6,14H,19H2,1H3. The third-order valence-corrected chi connectivity index (χ3v) is 3.37. The van der Waals surface area contributed by atoms with E-state index in [2.05, 4.69) is 0 Å². The Morgan fingerprint density at radius 2 is 1.74 bits per heavy atom. The molecule has 2 aromatic carbocycles. The first-order valence-corrected chi connectivity index (χ1v) is 5.94. The normalized spacial score (nSPS) is 12.5. The summed E-state index contributed by atoms with van der Waals surface area (Å²) < 4.78 is 39.7. The molecule has 19 heavy (non-hydrogen) atoms. The van der Waals surface area contributed by atoms with Crippen LogP contribution in [0.15, 0.2) is 30.3 Å². The molecule has 100 valence electrons. The molecule has 0 aliphatic rings. The summed E-state index contributed by atoms with van der Waals surface area (Å²) in [6, 6.07) is 6.06. The summed E-state index contributed by atoms with van der Waals surface area (Å²) in [5.41, 5.74) is 7.14. The largest absolute Gasteiger partial charge is 0.320 e. The molecule has 0 spiro atoms. The summed E-state index contributed by atoms with van der Waals surface area (Å²) in [6.45, 7) is 1.78. The zero-order valence-electron chi connectivity index (χ0n) is 10.1. The second-order valence-electron chi connectivity index (χ2n) is 4.25. The molecule has 1 atom stereocenters. The van der Waals surface area contributed by atoms with Crippen molar-refractivity contribution in [3.63, 3.8) is 0 Å². The van der Waals surface area contributed by atoms with Crippen molar-refractivity contribution >= 4 is 11.6 Å². The van der Waals surface area contributed by atoms with E-state index in [0.29, 0.717) is 10.6 Å². The van der Waals surface area contributed by atoms with Gasteiger partial charge in [0.15, 0.2) is 17.5 Å². The molecule has 0 amide bonds. The van der Waals surface area contributed by atoms with E-state index in [1.807, 2.05) is 0 Å². The molecule has 1 unspecified atom stereocenters. The monoisotopic (exact) mass is 285 g/mol. The number of halogens is 4. The van der Waals surface area contributed by atoms with E-state index in [1.165, 1.54) is 0 Å². The highest BCUT2D eigenvalue weighted by Crippen LogP contribution is 2.27. The third-order valence-electron chi connectivity index (χ3n) is 2.94. The molecule has 0 saturated carbocycles. The molecule has 0 radical (unpaired) electrons. The molecule has 0 heterocycles. The minimum Gasteiger partial charge on any atom is -0.320 e. The molecule has 0 bridgehead atoms. The van der Waals surface area contributed by atoms with E-state index in [9.17, 15) is 13.2 Å². The molecule has 2 N–H and O–H groups in total. The van der Waals surface area contributed by atoms with Crippen LogP contribution in [-0.4, -0.2) is 0 Å². The minimum atomic E-state index is -1.52. The fourth-order valence-electron chi connectivity index (χ4n) is 1.82. The van der Waals surface area contributed by atoms with Gasteiger partial charge in [-0.05, 0) is 30.2 Å². The second kappa shape index (κ2) is 5.23. The number of hydrogen-bond acceptors (Lipinski definition) is 1. The Bertz CT molecular complexity index is 628. The van der Waals surface area contributed by atoms with Crippen molar-refractivity contribution in [1.82, 2.24) is 0 Å². The predicted molar refractivity (Wildman–Crippen MR) is 68.5 cm³/mol. The van der Waals surface area contributed by atoms with Crippen molar-refractivity contribution in [3.8, 4) is 0 Å². The van der Waals surface area contributed by atoms with Crippen LogP contribution < -0.4 is 5.73 Å². The third kappa shape index (κ3) is 2.60. The highest BCUT2D eigenvalue weighted by molar-refractivity contribution is 6.31. The van der Waals surface area contributed by atoms with Crippen LogP contribution in [0.4, 0.5) is 13.2 Å². The summed E-state index contributed by atoms with van der Waals surface area (Å²) in [6.07, 6.45) is 0. The van der Waals surface area contributed by atoms with Gasteiger partial charge >= 0.3 is 0 Å². The Kier molecular flexibility index (Phi) is 3.83. The lowest BCUT2D eigenvalue weighted by Crippen LogP contribution is -2.15. The first-order valence-electron chi connectivity index (χ1n) is 5.57. The number of benzene rings is 2. The van der Waals surface area contributed by atoms with Gasteiger partial charge in [-0.1, -0.05) is 29.8 Å². The van der Waals surface area contributed by atoms with E-state index in [4.69, 9.17) is 17.3 Å². The summed E-state index contributed by atoms with van der Waals surface area (Å²) in [5, 5.41) is 0.557. The number of nitrogens with two attached hydrogens (primary N) is 1. The minimum absolute atomic E-state index is 0.0966. The fourth-order valence-corrected chi connectivity index (χ4v) is 1.94. The summed E-state index contributed by atoms with van der Waals surface area (Å²) in [5.74, 6) is -4.01. The maximum atomic E-state index is 13.7. The second-order valence-corrected chi connectivity index (χ2v) is 4.66. The first-order chi connectivity index (χ1) is 8.91. The maximum Gasteiger partial charge on any atom is 0.194 e. The van der Waals surface area contributed by atoms with Gasteiger partial charge < -0.3 is 5.73 Å². The average molecular weight is 286 g/mol. The molecule has 2 rings (SSSR count). The number of hydrogen-bond donors (Lipinski definition) is 1. The van der Waals surface area contributed by atoms with Crippen LogP contribution >= 0.6 is 11.6 Å².